The predicted molar refractivity (Wildman–Crippen MR) is 80.3 cm³/mol. The zero-order chi connectivity index (χ0) is 15.1. The van der Waals surface area contributed by atoms with Crippen LogP contribution in [0, 0.1) is 0 Å². The standard InChI is InChI=1S/C16H20N4O2/c1-19-8-6-11(9-14(19)21)10-20-7-2-3-13(20)15-17-16(22-18-15)12-4-5-12/h6,8-9,12-13H,2-5,7,10H2,1H3. The molecular weight excluding hydrogens is 280 g/mol. The minimum absolute atomic E-state index is 0.0313. The zero-order valence-corrected chi connectivity index (χ0v) is 12.7. The number of nitrogens with zero attached hydrogens (tertiary/aromatic N) is 4. The molecule has 0 aromatic carbocycles. The van der Waals surface area contributed by atoms with Crippen molar-refractivity contribution in [3.63, 3.8) is 0 Å². The van der Waals surface area contributed by atoms with Crippen LogP contribution < -0.4 is 5.56 Å². The van der Waals surface area contributed by atoms with Crippen molar-refractivity contribution in [2.45, 2.75) is 44.2 Å². The summed E-state index contributed by atoms with van der Waals surface area (Å²) in [7, 11) is 1.77. The topological polar surface area (TPSA) is 64.2 Å². The first-order valence-electron chi connectivity index (χ1n) is 7.94. The molecule has 2 aliphatic rings. The number of aromatic nitrogens is 3. The average molecular weight is 300 g/mol. The molecule has 0 spiro atoms. The van der Waals surface area contributed by atoms with Gasteiger partial charge in [0.1, 0.15) is 0 Å². The Kier molecular flexibility index (Phi) is 3.33. The fourth-order valence-corrected chi connectivity index (χ4v) is 3.11. The van der Waals surface area contributed by atoms with Gasteiger partial charge in [0.2, 0.25) is 5.89 Å². The van der Waals surface area contributed by atoms with Gasteiger partial charge in [0.25, 0.3) is 5.56 Å². The highest BCUT2D eigenvalue weighted by molar-refractivity contribution is 5.12. The van der Waals surface area contributed by atoms with Crippen LogP contribution in [0.4, 0.5) is 0 Å². The maximum Gasteiger partial charge on any atom is 0.250 e. The Morgan fingerprint density at radius 1 is 1.36 bits per heavy atom. The molecule has 6 heteroatoms. The minimum Gasteiger partial charge on any atom is -0.339 e. The summed E-state index contributed by atoms with van der Waals surface area (Å²) in [6, 6.07) is 3.92. The van der Waals surface area contributed by atoms with Gasteiger partial charge in [-0.05, 0) is 43.9 Å². The van der Waals surface area contributed by atoms with E-state index >= 15 is 0 Å². The molecule has 1 saturated carbocycles. The highest BCUT2D eigenvalue weighted by atomic mass is 16.5. The first kappa shape index (κ1) is 13.7. The van der Waals surface area contributed by atoms with Gasteiger partial charge in [0.15, 0.2) is 5.82 Å². The maximum absolute atomic E-state index is 11.8. The van der Waals surface area contributed by atoms with E-state index in [1.54, 1.807) is 17.7 Å². The van der Waals surface area contributed by atoms with E-state index in [9.17, 15) is 4.79 Å². The summed E-state index contributed by atoms with van der Waals surface area (Å²) in [5, 5.41) is 4.19. The van der Waals surface area contributed by atoms with Crippen LogP contribution in [0.25, 0.3) is 0 Å². The molecule has 22 heavy (non-hydrogen) atoms. The van der Waals surface area contributed by atoms with Crippen molar-refractivity contribution in [3.8, 4) is 0 Å². The van der Waals surface area contributed by atoms with E-state index < -0.39 is 0 Å². The molecule has 0 amide bonds. The lowest BCUT2D eigenvalue weighted by Gasteiger charge is -2.21. The smallest absolute Gasteiger partial charge is 0.250 e. The maximum atomic E-state index is 11.8. The molecule has 6 nitrogen and oxygen atoms in total. The SMILES string of the molecule is Cn1ccc(CN2CCCC2c2noc(C3CC3)n2)cc1=O. The van der Waals surface area contributed by atoms with Gasteiger partial charge >= 0.3 is 0 Å². The summed E-state index contributed by atoms with van der Waals surface area (Å²) in [5.74, 6) is 2.10. The summed E-state index contributed by atoms with van der Waals surface area (Å²) < 4.78 is 6.98. The predicted octanol–water partition coefficient (Wildman–Crippen LogP) is 1.98. The van der Waals surface area contributed by atoms with Crippen LogP contribution in [-0.4, -0.2) is 26.2 Å². The van der Waals surface area contributed by atoms with Gasteiger partial charge in [-0.1, -0.05) is 5.16 Å². The number of likely N-dealkylation sites (tertiary alicyclic amines) is 1. The highest BCUT2D eigenvalue weighted by Crippen LogP contribution is 2.40. The largest absolute Gasteiger partial charge is 0.339 e. The van der Waals surface area contributed by atoms with Gasteiger partial charge in [-0.2, -0.15) is 4.98 Å². The second kappa shape index (κ2) is 5.35. The summed E-state index contributed by atoms with van der Waals surface area (Å²) in [6.07, 6.45) is 6.34. The van der Waals surface area contributed by atoms with Crippen molar-refractivity contribution in [3.05, 3.63) is 46.0 Å². The van der Waals surface area contributed by atoms with E-state index in [0.717, 1.165) is 43.2 Å². The molecule has 1 unspecified atom stereocenters. The summed E-state index contributed by atoms with van der Waals surface area (Å²) in [4.78, 5) is 18.7. The van der Waals surface area contributed by atoms with Crippen LogP contribution in [0.3, 0.4) is 0 Å². The van der Waals surface area contributed by atoms with Crippen LogP contribution >= 0.6 is 0 Å². The van der Waals surface area contributed by atoms with E-state index in [0.29, 0.717) is 5.92 Å². The van der Waals surface area contributed by atoms with Gasteiger partial charge < -0.3 is 9.09 Å². The second-order valence-corrected chi connectivity index (χ2v) is 6.38. The Hall–Kier alpha value is -1.95. The lowest BCUT2D eigenvalue weighted by Crippen LogP contribution is -2.25. The number of hydrogen-bond donors (Lipinski definition) is 0. The first-order valence-corrected chi connectivity index (χ1v) is 7.94. The fourth-order valence-electron chi connectivity index (χ4n) is 3.11. The van der Waals surface area contributed by atoms with Crippen LogP contribution in [-0.2, 0) is 13.6 Å². The molecule has 0 N–H and O–H groups in total. The average Bonchev–Trinajstić information content (AvgIpc) is 3.06. The third-order valence-electron chi connectivity index (χ3n) is 4.60. The van der Waals surface area contributed by atoms with Gasteiger partial charge in [-0.25, -0.2) is 0 Å². The van der Waals surface area contributed by atoms with Gasteiger partial charge in [0.05, 0.1) is 6.04 Å². The van der Waals surface area contributed by atoms with Gasteiger partial charge in [0, 0.05) is 31.8 Å². The number of pyridine rings is 1. The van der Waals surface area contributed by atoms with Gasteiger partial charge in [-0.15, -0.1) is 0 Å². The van der Waals surface area contributed by atoms with Crippen LogP contribution in [0.2, 0.25) is 0 Å². The zero-order valence-electron chi connectivity index (χ0n) is 12.7. The van der Waals surface area contributed by atoms with E-state index in [1.165, 1.54) is 12.8 Å². The Bertz CT molecular complexity index is 732. The fraction of sp³-hybridized carbons (Fsp3) is 0.562. The van der Waals surface area contributed by atoms with Crippen LogP contribution in [0.1, 0.15) is 54.9 Å². The molecule has 0 radical (unpaired) electrons. The Morgan fingerprint density at radius 2 is 2.23 bits per heavy atom. The second-order valence-electron chi connectivity index (χ2n) is 6.38. The van der Waals surface area contributed by atoms with Crippen molar-refractivity contribution >= 4 is 0 Å². The molecular formula is C16H20N4O2. The summed E-state index contributed by atoms with van der Waals surface area (Å²) in [6.45, 7) is 1.77. The van der Waals surface area contributed by atoms with Crippen LogP contribution in [0.15, 0.2) is 27.6 Å². The Labute approximate surface area is 128 Å². The van der Waals surface area contributed by atoms with Crippen molar-refractivity contribution in [1.82, 2.24) is 19.6 Å². The molecule has 116 valence electrons. The van der Waals surface area contributed by atoms with E-state index in [2.05, 4.69) is 15.0 Å². The molecule has 1 aliphatic heterocycles. The molecule has 1 atom stereocenters. The number of hydrogen-bond acceptors (Lipinski definition) is 5. The molecule has 0 bridgehead atoms. The van der Waals surface area contributed by atoms with Crippen LogP contribution in [0.5, 0.6) is 0 Å². The lowest BCUT2D eigenvalue weighted by molar-refractivity contribution is 0.234. The lowest BCUT2D eigenvalue weighted by atomic mass is 10.2. The normalized spacial score (nSPS) is 22.3. The summed E-state index contributed by atoms with van der Waals surface area (Å²) >= 11 is 0. The third kappa shape index (κ3) is 2.59. The molecule has 1 aliphatic carbocycles. The Morgan fingerprint density at radius 3 is 3.00 bits per heavy atom. The monoisotopic (exact) mass is 300 g/mol. The van der Waals surface area contributed by atoms with Crippen molar-refractivity contribution in [2.24, 2.45) is 7.05 Å². The quantitative estimate of drug-likeness (QED) is 0.864. The minimum atomic E-state index is 0.0313. The van der Waals surface area contributed by atoms with E-state index in [1.807, 2.05) is 12.3 Å². The third-order valence-corrected chi connectivity index (χ3v) is 4.60. The van der Waals surface area contributed by atoms with Crippen molar-refractivity contribution < 1.29 is 4.52 Å². The number of aryl methyl sites for hydroxylation is 1. The molecule has 1 saturated heterocycles. The molecule has 2 fully saturated rings. The van der Waals surface area contributed by atoms with Crippen molar-refractivity contribution in [2.75, 3.05) is 6.54 Å². The first-order chi connectivity index (χ1) is 10.7. The molecule has 4 rings (SSSR count). The van der Waals surface area contributed by atoms with E-state index in [-0.39, 0.29) is 11.6 Å². The van der Waals surface area contributed by atoms with Crippen molar-refractivity contribution in [1.29, 1.82) is 0 Å². The van der Waals surface area contributed by atoms with Gasteiger partial charge in [-0.3, -0.25) is 9.69 Å². The number of rotatable bonds is 4. The Balaban J connectivity index is 1.52. The molecule has 3 heterocycles. The van der Waals surface area contributed by atoms with E-state index in [4.69, 9.17) is 4.52 Å². The molecule has 2 aromatic rings. The molecule has 2 aromatic heterocycles. The summed E-state index contributed by atoms with van der Waals surface area (Å²) in [5.41, 5.74) is 1.07. The highest BCUT2D eigenvalue weighted by Gasteiger charge is 2.34.